The number of anilines is 1. The van der Waals surface area contributed by atoms with Crippen molar-refractivity contribution in [2.75, 3.05) is 11.4 Å². The molecule has 0 fully saturated rings. The molecule has 3 heterocycles. The molecular weight excluding hydrogens is 262 g/mol. The minimum atomic E-state index is 0.198. The highest BCUT2D eigenvalue weighted by molar-refractivity contribution is 7.16. The quantitative estimate of drug-likeness (QED) is 0.784. The van der Waals surface area contributed by atoms with Crippen molar-refractivity contribution in [2.24, 2.45) is 0 Å². The van der Waals surface area contributed by atoms with E-state index in [1.807, 2.05) is 0 Å². The van der Waals surface area contributed by atoms with Gasteiger partial charge in [0.25, 0.3) is 0 Å². The third-order valence-electron chi connectivity index (χ3n) is 3.67. The second-order valence-electron chi connectivity index (χ2n) is 4.91. The third-order valence-corrected chi connectivity index (χ3v) is 4.84. The number of thiazole rings is 1. The van der Waals surface area contributed by atoms with Crippen LogP contribution >= 0.6 is 11.3 Å². The van der Waals surface area contributed by atoms with Crippen LogP contribution in [0.25, 0.3) is 0 Å². The Morgan fingerprint density at radius 1 is 1.26 bits per heavy atom. The standard InChI is InChI=1S/C12H13N5OS/c18-8-2-1-3-9-11(8)14-12(19-9)16-4-5-17-7-13-15-10(17)6-16/h7H,1-6H2. The Morgan fingerprint density at radius 3 is 3.11 bits per heavy atom. The van der Waals surface area contributed by atoms with Gasteiger partial charge in [-0.25, -0.2) is 4.98 Å². The summed E-state index contributed by atoms with van der Waals surface area (Å²) >= 11 is 1.66. The summed E-state index contributed by atoms with van der Waals surface area (Å²) in [6.45, 7) is 2.49. The van der Waals surface area contributed by atoms with Crippen LogP contribution in [0.1, 0.15) is 34.0 Å². The number of aryl methyl sites for hydroxylation is 1. The Bertz CT molecular complexity index is 646. The molecule has 1 aliphatic heterocycles. The predicted octanol–water partition coefficient (Wildman–Crippen LogP) is 1.27. The molecule has 4 rings (SSSR count). The molecule has 2 aromatic heterocycles. The summed E-state index contributed by atoms with van der Waals surface area (Å²) in [7, 11) is 0. The summed E-state index contributed by atoms with van der Waals surface area (Å²) in [5.41, 5.74) is 0.707. The van der Waals surface area contributed by atoms with E-state index >= 15 is 0 Å². The van der Waals surface area contributed by atoms with Gasteiger partial charge in [-0.3, -0.25) is 4.79 Å². The minimum Gasteiger partial charge on any atom is -0.339 e. The number of fused-ring (bicyclic) bond motifs is 2. The van der Waals surface area contributed by atoms with Crippen LogP contribution in [0.5, 0.6) is 0 Å². The predicted molar refractivity (Wildman–Crippen MR) is 70.5 cm³/mol. The lowest BCUT2D eigenvalue weighted by Gasteiger charge is -2.26. The van der Waals surface area contributed by atoms with Crippen molar-refractivity contribution in [2.45, 2.75) is 32.4 Å². The largest absolute Gasteiger partial charge is 0.339 e. The summed E-state index contributed by atoms with van der Waals surface area (Å²) < 4.78 is 2.06. The Kier molecular flexibility index (Phi) is 2.41. The van der Waals surface area contributed by atoms with Crippen LogP contribution in [-0.2, 0) is 19.5 Å². The number of carbonyl (C=O) groups excluding carboxylic acids is 1. The van der Waals surface area contributed by atoms with Gasteiger partial charge in [-0.2, -0.15) is 0 Å². The molecule has 2 aliphatic rings. The van der Waals surface area contributed by atoms with Crippen LogP contribution in [0.4, 0.5) is 5.13 Å². The van der Waals surface area contributed by atoms with E-state index < -0.39 is 0 Å². The van der Waals surface area contributed by atoms with Gasteiger partial charge in [-0.15, -0.1) is 21.5 Å². The number of hydrogen-bond acceptors (Lipinski definition) is 6. The Labute approximate surface area is 114 Å². The summed E-state index contributed by atoms with van der Waals surface area (Å²) in [5.74, 6) is 1.16. The van der Waals surface area contributed by atoms with Crippen LogP contribution in [0, 0.1) is 0 Å². The monoisotopic (exact) mass is 275 g/mol. The Hall–Kier alpha value is -1.76. The average Bonchev–Trinajstić information content (AvgIpc) is 3.04. The first-order valence-corrected chi connectivity index (χ1v) is 7.27. The fourth-order valence-electron chi connectivity index (χ4n) is 2.62. The fraction of sp³-hybridized carbons (Fsp3) is 0.500. The molecular formula is C12H13N5OS. The smallest absolute Gasteiger partial charge is 0.186 e. The van der Waals surface area contributed by atoms with E-state index in [4.69, 9.17) is 0 Å². The van der Waals surface area contributed by atoms with Crippen LogP contribution in [0.3, 0.4) is 0 Å². The van der Waals surface area contributed by atoms with Crippen molar-refractivity contribution in [3.05, 3.63) is 22.7 Å². The highest BCUT2D eigenvalue weighted by atomic mass is 32.1. The van der Waals surface area contributed by atoms with Crippen LogP contribution in [0.2, 0.25) is 0 Å². The van der Waals surface area contributed by atoms with Crippen molar-refractivity contribution < 1.29 is 4.79 Å². The van der Waals surface area contributed by atoms with E-state index in [1.54, 1.807) is 17.7 Å². The van der Waals surface area contributed by atoms with Crippen molar-refractivity contribution >= 4 is 22.3 Å². The van der Waals surface area contributed by atoms with Gasteiger partial charge in [0.2, 0.25) is 0 Å². The number of rotatable bonds is 1. The Balaban J connectivity index is 1.65. The molecule has 2 aromatic rings. The zero-order valence-corrected chi connectivity index (χ0v) is 11.2. The van der Waals surface area contributed by atoms with E-state index in [1.165, 1.54) is 0 Å². The molecule has 0 radical (unpaired) electrons. The summed E-state index contributed by atoms with van der Waals surface area (Å²) in [6.07, 6.45) is 4.36. The van der Waals surface area contributed by atoms with E-state index in [2.05, 4.69) is 24.6 Å². The number of hydrogen-bond donors (Lipinski definition) is 0. The molecule has 6 nitrogen and oxygen atoms in total. The molecule has 1 aliphatic carbocycles. The van der Waals surface area contributed by atoms with E-state index in [0.29, 0.717) is 12.1 Å². The first kappa shape index (κ1) is 11.1. The molecule has 0 bridgehead atoms. The summed E-state index contributed by atoms with van der Waals surface area (Å²) in [6, 6.07) is 0. The second kappa shape index (κ2) is 4.12. The van der Waals surface area contributed by atoms with Gasteiger partial charge < -0.3 is 9.47 Å². The van der Waals surface area contributed by atoms with E-state index in [9.17, 15) is 4.79 Å². The molecule has 0 saturated heterocycles. The van der Waals surface area contributed by atoms with Gasteiger partial charge in [0.15, 0.2) is 16.7 Å². The molecule has 0 spiro atoms. The normalized spacial score (nSPS) is 18.3. The number of Topliss-reactive ketones (excluding diaryl/α,β-unsaturated/α-hetero) is 1. The first-order valence-electron chi connectivity index (χ1n) is 6.46. The Morgan fingerprint density at radius 2 is 2.21 bits per heavy atom. The lowest BCUT2D eigenvalue weighted by Crippen LogP contribution is -2.33. The summed E-state index contributed by atoms with van der Waals surface area (Å²) in [5, 5.41) is 8.99. The van der Waals surface area contributed by atoms with Gasteiger partial charge >= 0.3 is 0 Å². The average molecular weight is 275 g/mol. The van der Waals surface area contributed by atoms with Crippen LogP contribution in [-0.4, -0.2) is 32.1 Å². The van der Waals surface area contributed by atoms with Crippen molar-refractivity contribution in [3.63, 3.8) is 0 Å². The zero-order valence-electron chi connectivity index (χ0n) is 10.4. The highest BCUT2D eigenvalue weighted by Gasteiger charge is 2.26. The van der Waals surface area contributed by atoms with Gasteiger partial charge in [0, 0.05) is 24.4 Å². The zero-order chi connectivity index (χ0) is 12.8. The topological polar surface area (TPSA) is 63.9 Å². The molecule has 0 atom stereocenters. The molecule has 7 heteroatoms. The molecule has 0 N–H and O–H groups in total. The number of nitrogens with zero attached hydrogens (tertiary/aromatic N) is 5. The van der Waals surface area contributed by atoms with Crippen molar-refractivity contribution in [3.8, 4) is 0 Å². The first-order chi connectivity index (χ1) is 9.31. The molecule has 0 aromatic carbocycles. The van der Waals surface area contributed by atoms with Gasteiger partial charge in [0.05, 0.1) is 6.54 Å². The number of ketones is 1. The summed E-state index contributed by atoms with van der Waals surface area (Å²) in [4.78, 5) is 19.7. The fourth-order valence-corrected chi connectivity index (χ4v) is 3.76. The molecule has 0 saturated carbocycles. The maximum absolute atomic E-state index is 11.8. The van der Waals surface area contributed by atoms with Gasteiger partial charge in [-0.05, 0) is 12.8 Å². The van der Waals surface area contributed by atoms with E-state index in [0.717, 1.165) is 48.3 Å². The number of carbonyl (C=O) groups is 1. The maximum Gasteiger partial charge on any atom is 0.186 e. The maximum atomic E-state index is 11.8. The molecule has 0 amide bonds. The van der Waals surface area contributed by atoms with Crippen LogP contribution < -0.4 is 4.90 Å². The SMILES string of the molecule is O=C1CCCc2sc(N3CCn4cnnc4C3)nc21. The third kappa shape index (κ3) is 1.76. The minimum absolute atomic E-state index is 0.198. The molecule has 0 unspecified atom stereocenters. The number of aromatic nitrogens is 4. The lowest BCUT2D eigenvalue weighted by molar-refractivity contribution is 0.0968. The lowest BCUT2D eigenvalue weighted by atomic mass is 10.0. The second-order valence-corrected chi connectivity index (χ2v) is 5.97. The van der Waals surface area contributed by atoms with Gasteiger partial charge in [0.1, 0.15) is 12.0 Å². The van der Waals surface area contributed by atoms with Crippen molar-refractivity contribution in [1.82, 2.24) is 19.7 Å². The van der Waals surface area contributed by atoms with Crippen LogP contribution in [0.15, 0.2) is 6.33 Å². The molecule has 19 heavy (non-hydrogen) atoms. The highest BCUT2D eigenvalue weighted by Crippen LogP contribution is 2.32. The van der Waals surface area contributed by atoms with Gasteiger partial charge in [-0.1, -0.05) is 0 Å². The molecule has 98 valence electrons. The van der Waals surface area contributed by atoms with E-state index in [-0.39, 0.29) is 5.78 Å². The van der Waals surface area contributed by atoms with Crippen molar-refractivity contribution in [1.29, 1.82) is 0 Å².